The van der Waals surface area contributed by atoms with Crippen LogP contribution in [0, 0.1) is 10.1 Å². The quantitative estimate of drug-likeness (QED) is 0.688. The standard InChI is InChI=1S/C15H16ClN3O3/c16-13-3-1-2-4-14(13)18-9-7-17(8-10-18)11-12-5-6-15(22-12)19(20)21/h1-6H,7-11H2/p+1. The summed E-state index contributed by atoms with van der Waals surface area (Å²) in [5.41, 5.74) is 1.07. The Bertz CT molecular complexity index is 666. The maximum atomic E-state index is 10.6. The molecule has 1 saturated heterocycles. The second kappa shape index (κ2) is 6.37. The topological polar surface area (TPSA) is 64.0 Å². The molecule has 0 amide bonds. The van der Waals surface area contributed by atoms with Crippen LogP contribution in [0.3, 0.4) is 0 Å². The van der Waals surface area contributed by atoms with E-state index < -0.39 is 4.92 Å². The van der Waals surface area contributed by atoms with Crippen LogP contribution in [0.2, 0.25) is 5.02 Å². The number of benzene rings is 1. The van der Waals surface area contributed by atoms with E-state index in [1.165, 1.54) is 11.0 Å². The maximum Gasteiger partial charge on any atom is 0.433 e. The number of quaternary nitrogens is 1. The minimum Gasteiger partial charge on any atom is -0.400 e. The zero-order valence-electron chi connectivity index (χ0n) is 12.0. The highest BCUT2D eigenvalue weighted by atomic mass is 35.5. The number of hydrogen-bond acceptors (Lipinski definition) is 4. The summed E-state index contributed by atoms with van der Waals surface area (Å²) in [4.78, 5) is 13.7. The Morgan fingerprint density at radius 1 is 1.23 bits per heavy atom. The number of nitrogens with one attached hydrogen (secondary N) is 1. The molecule has 0 saturated carbocycles. The number of para-hydroxylation sites is 1. The summed E-state index contributed by atoms with van der Waals surface area (Å²) >= 11 is 6.23. The van der Waals surface area contributed by atoms with Gasteiger partial charge in [0.25, 0.3) is 0 Å². The Morgan fingerprint density at radius 3 is 2.59 bits per heavy atom. The van der Waals surface area contributed by atoms with Gasteiger partial charge in [-0.15, -0.1) is 0 Å². The van der Waals surface area contributed by atoms with Gasteiger partial charge in [-0.25, -0.2) is 0 Å². The van der Waals surface area contributed by atoms with Crippen molar-refractivity contribution in [2.45, 2.75) is 6.54 Å². The lowest BCUT2D eigenvalue weighted by Crippen LogP contribution is -3.13. The average Bonchev–Trinajstić information content (AvgIpc) is 2.98. The molecule has 3 rings (SSSR count). The molecule has 1 aliphatic heterocycles. The first-order valence-electron chi connectivity index (χ1n) is 7.19. The maximum absolute atomic E-state index is 10.6. The lowest BCUT2D eigenvalue weighted by molar-refractivity contribution is -0.915. The molecular formula is C15H17ClN3O3+. The summed E-state index contributed by atoms with van der Waals surface area (Å²) in [6.45, 7) is 4.37. The van der Waals surface area contributed by atoms with Crippen molar-refractivity contribution in [1.82, 2.24) is 0 Å². The molecule has 1 aromatic heterocycles. The highest BCUT2D eigenvalue weighted by Crippen LogP contribution is 2.24. The van der Waals surface area contributed by atoms with Crippen LogP contribution >= 0.6 is 11.6 Å². The van der Waals surface area contributed by atoms with Gasteiger partial charge < -0.3 is 14.2 Å². The highest BCUT2D eigenvalue weighted by Gasteiger charge is 2.23. The minimum atomic E-state index is -0.506. The number of nitrogens with zero attached hydrogens (tertiary/aromatic N) is 2. The largest absolute Gasteiger partial charge is 0.433 e. The Hall–Kier alpha value is -2.05. The van der Waals surface area contributed by atoms with E-state index in [9.17, 15) is 10.1 Å². The minimum absolute atomic E-state index is 0.191. The van der Waals surface area contributed by atoms with Gasteiger partial charge in [-0.2, -0.15) is 0 Å². The van der Waals surface area contributed by atoms with E-state index in [1.54, 1.807) is 6.07 Å². The number of furan rings is 1. The average molecular weight is 323 g/mol. The molecule has 0 unspecified atom stereocenters. The molecule has 1 aliphatic rings. The summed E-state index contributed by atoms with van der Waals surface area (Å²) in [6, 6.07) is 10.9. The molecule has 116 valence electrons. The first kappa shape index (κ1) is 14.9. The summed E-state index contributed by atoms with van der Waals surface area (Å²) in [6.07, 6.45) is 0. The van der Waals surface area contributed by atoms with E-state index in [0.29, 0.717) is 12.3 Å². The molecule has 0 radical (unpaired) electrons. The SMILES string of the molecule is O=[N+]([O-])c1ccc(C[NH+]2CCN(c3ccccc3Cl)CC2)o1. The molecule has 0 aliphatic carbocycles. The molecule has 0 bridgehead atoms. The van der Waals surface area contributed by atoms with E-state index in [0.717, 1.165) is 36.9 Å². The predicted octanol–water partition coefficient (Wildman–Crippen LogP) is 1.75. The van der Waals surface area contributed by atoms with Gasteiger partial charge in [-0.1, -0.05) is 23.7 Å². The van der Waals surface area contributed by atoms with Gasteiger partial charge in [0.1, 0.15) is 11.5 Å². The first-order valence-corrected chi connectivity index (χ1v) is 7.57. The zero-order valence-corrected chi connectivity index (χ0v) is 12.8. The second-order valence-electron chi connectivity index (χ2n) is 5.36. The monoisotopic (exact) mass is 322 g/mol. The van der Waals surface area contributed by atoms with Gasteiger partial charge in [0.15, 0.2) is 5.76 Å². The Balaban J connectivity index is 1.57. The Morgan fingerprint density at radius 2 is 1.95 bits per heavy atom. The molecule has 2 aromatic rings. The van der Waals surface area contributed by atoms with Crippen molar-refractivity contribution in [1.29, 1.82) is 0 Å². The van der Waals surface area contributed by atoms with Crippen LogP contribution in [-0.4, -0.2) is 31.1 Å². The normalized spacial score (nSPS) is 16.0. The van der Waals surface area contributed by atoms with Crippen molar-refractivity contribution in [2.24, 2.45) is 0 Å². The van der Waals surface area contributed by atoms with E-state index >= 15 is 0 Å². The summed E-state index contributed by atoms with van der Waals surface area (Å²) in [5, 5.41) is 11.4. The number of anilines is 1. The second-order valence-corrected chi connectivity index (χ2v) is 5.77. The van der Waals surface area contributed by atoms with Crippen LogP contribution in [-0.2, 0) is 6.54 Å². The van der Waals surface area contributed by atoms with Gasteiger partial charge >= 0.3 is 5.88 Å². The van der Waals surface area contributed by atoms with Crippen LogP contribution < -0.4 is 9.80 Å². The van der Waals surface area contributed by atoms with Crippen LogP contribution in [0.1, 0.15) is 5.76 Å². The third-order valence-corrected chi connectivity index (χ3v) is 4.23. The summed E-state index contributed by atoms with van der Waals surface area (Å²) < 4.78 is 5.22. The Kier molecular flexibility index (Phi) is 4.31. The first-order chi connectivity index (χ1) is 10.6. The van der Waals surface area contributed by atoms with E-state index in [1.807, 2.05) is 24.3 Å². The lowest BCUT2D eigenvalue weighted by Gasteiger charge is -2.33. The molecule has 1 fully saturated rings. The molecule has 0 atom stereocenters. The summed E-state index contributed by atoms with van der Waals surface area (Å²) in [7, 11) is 0. The third-order valence-electron chi connectivity index (χ3n) is 3.92. The number of piperazine rings is 1. The van der Waals surface area contributed by atoms with Gasteiger partial charge in [0.2, 0.25) is 0 Å². The fourth-order valence-electron chi connectivity index (χ4n) is 2.75. The van der Waals surface area contributed by atoms with Crippen molar-refractivity contribution in [2.75, 3.05) is 31.1 Å². The number of nitro groups is 1. The van der Waals surface area contributed by atoms with Crippen molar-refractivity contribution < 1.29 is 14.2 Å². The van der Waals surface area contributed by atoms with Crippen LogP contribution in [0.5, 0.6) is 0 Å². The molecule has 22 heavy (non-hydrogen) atoms. The van der Waals surface area contributed by atoms with Gasteiger partial charge in [-0.05, 0) is 18.2 Å². The molecule has 0 spiro atoms. The van der Waals surface area contributed by atoms with Gasteiger partial charge in [0, 0.05) is 0 Å². The van der Waals surface area contributed by atoms with Gasteiger partial charge in [0.05, 0.1) is 43.0 Å². The number of rotatable bonds is 4. The van der Waals surface area contributed by atoms with Crippen molar-refractivity contribution in [3.05, 3.63) is 57.3 Å². The van der Waals surface area contributed by atoms with Crippen molar-refractivity contribution in [3.8, 4) is 0 Å². The molecule has 1 aromatic carbocycles. The Labute approximate surface area is 133 Å². The van der Waals surface area contributed by atoms with Crippen LogP contribution in [0.4, 0.5) is 11.6 Å². The van der Waals surface area contributed by atoms with E-state index in [-0.39, 0.29) is 5.88 Å². The van der Waals surface area contributed by atoms with Crippen LogP contribution in [0.15, 0.2) is 40.8 Å². The van der Waals surface area contributed by atoms with Crippen molar-refractivity contribution in [3.63, 3.8) is 0 Å². The molecule has 1 N–H and O–H groups in total. The number of hydrogen-bond donors (Lipinski definition) is 1. The zero-order chi connectivity index (χ0) is 15.5. The molecular weight excluding hydrogens is 306 g/mol. The van der Waals surface area contributed by atoms with Gasteiger partial charge in [-0.3, -0.25) is 10.1 Å². The predicted molar refractivity (Wildman–Crippen MR) is 83.4 cm³/mol. The van der Waals surface area contributed by atoms with E-state index in [2.05, 4.69) is 4.90 Å². The fraction of sp³-hybridized carbons (Fsp3) is 0.333. The van der Waals surface area contributed by atoms with E-state index in [4.69, 9.17) is 16.0 Å². The van der Waals surface area contributed by atoms with Crippen LogP contribution in [0.25, 0.3) is 0 Å². The summed E-state index contributed by atoms with van der Waals surface area (Å²) in [5.74, 6) is 0.469. The van der Waals surface area contributed by atoms with Crippen molar-refractivity contribution >= 4 is 23.2 Å². The highest BCUT2D eigenvalue weighted by molar-refractivity contribution is 6.33. The molecule has 6 nitrogen and oxygen atoms in total. The fourth-order valence-corrected chi connectivity index (χ4v) is 3.01. The smallest absolute Gasteiger partial charge is 0.400 e. The third kappa shape index (κ3) is 3.23. The molecule has 7 heteroatoms. The lowest BCUT2D eigenvalue weighted by atomic mass is 10.2. The molecule has 2 heterocycles. The number of halogens is 1.